The normalized spacial score (nSPS) is 11.3. The Labute approximate surface area is 63.2 Å². The van der Waals surface area contributed by atoms with E-state index in [0.717, 1.165) is 23.4 Å². The van der Waals surface area contributed by atoms with Crippen molar-refractivity contribution >= 4 is 5.71 Å². The Morgan fingerprint density at radius 2 is 1.80 bits per heavy atom. The first-order valence-electron chi connectivity index (χ1n) is 3.46. The maximum Gasteiger partial charge on any atom is 0.0427 e. The van der Waals surface area contributed by atoms with Crippen molar-refractivity contribution in [3.05, 3.63) is 24.4 Å². The third-order valence-electron chi connectivity index (χ3n) is 1.15. The van der Waals surface area contributed by atoms with E-state index in [4.69, 9.17) is 0 Å². The summed E-state index contributed by atoms with van der Waals surface area (Å²) in [7, 11) is 0. The zero-order valence-electron chi connectivity index (χ0n) is 7.07. The van der Waals surface area contributed by atoms with Crippen LogP contribution in [-0.2, 0) is 0 Å². The van der Waals surface area contributed by atoms with E-state index in [1.54, 1.807) is 0 Å². The Bertz CT molecular complexity index is 175. The van der Waals surface area contributed by atoms with E-state index in [0.29, 0.717) is 0 Å². The van der Waals surface area contributed by atoms with Crippen molar-refractivity contribution in [2.75, 3.05) is 0 Å². The van der Waals surface area contributed by atoms with Gasteiger partial charge in [-0.1, -0.05) is 20.1 Å². The smallest absolute Gasteiger partial charge is 0.0427 e. The molecule has 0 rings (SSSR count). The molecule has 0 aromatic rings. The number of nitrogens with zero attached hydrogens (tertiary/aromatic N) is 1. The third-order valence-corrected chi connectivity index (χ3v) is 1.15. The molecule has 0 amide bonds. The van der Waals surface area contributed by atoms with Gasteiger partial charge in [-0.25, -0.2) is 0 Å². The zero-order valence-corrected chi connectivity index (χ0v) is 7.07. The Kier molecular flexibility index (Phi) is 3.70. The van der Waals surface area contributed by atoms with Crippen molar-refractivity contribution < 1.29 is 0 Å². The Balaban J connectivity index is 4.34. The van der Waals surface area contributed by atoms with Crippen LogP contribution in [-0.4, -0.2) is 5.71 Å². The molecule has 1 heteroatoms. The molecule has 0 unspecified atom stereocenters. The van der Waals surface area contributed by atoms with Crippen LogP contribution >= 0.6 is 0 Å². The van der Waals surface area contributed by atoms with Gasteiger partial charge in [0.1, 0.15) is 0 Å². The van der Waals surface area contributed by atoms with Crippen LogP contribution in [0.25, 0.3) is 0 Å². The minimum Gasteiger partial charge on any atom is -0.259 e. The van der Waals surface area contributed by atoms with Crippen LogP contribution in [0.3, 0.4) is 0 Å². The topological polar surface area (TPSA) is 12.4 Å². The predicted octanol–water partition coefficient (Wildman–Crippen LogP) is 2.95. The number of hydrogen-bond acceptors (Lipinski definition) is 1. The van der Waals surface area contributed by atoms with Gasteiger partial charge < -0.3 is 0 Å². The summed E-state index contributed by atoms with van der Waals surface area (Å²) in [4.78, 5) is 4.22. The number of aliphatic imine (C=N–C) groups is 1. The van der Waals surface area contributed by atoms with E-state index in [1.807, 2.05) is 13.8 Å². The van der Waals surface area contributed by atoms with E-state index in [9.17, 15) is 0 Å². The number of rotatable bonds is 3. The van der Waals surface area contributed by atoms with E-state index >= 15 is 0 Å². The molecule has 0 aromatic carbocycles. The molecule has 0 atom stereocenters. The quantitative estimate of drug-likeness (QED) is 0.530. The minimum atomic E-state index is 0.847. The molecule has 0 fully saturated rings. The molecular formula is C9H15N. The molecule has 0 N–H and O–H groups in total. The maximum absolute atomic E-state index is 4.22. The van der Waals surface area contributed by atoms with Crippen LogP contribution < -0.4 is 0 Å². The fourth-order valence-corrected chi connectivity index (χ4v) is 0.707. The highest BCUT2D eigenvalue weighted by Gasteiger charge is 1.94. The number of hydrogen-bond donors (Lipinski definition) is 0. The highest BCUT2D eigenvalue weighted by Crippen LogP contribution is 2.01. The van der Waals surface area contributed by atoms with Crippen molar-refractivity contribution in [2.45, 2.75) is 27.2 Å². The highest BCUT2D eigenvalue weighted by molar-refractivity contribution is 5.99. The Morgan fingerprint density at radius 1 is 1.30 bits per heavy atom. The van der Waals surface area contributed by atoms with E-state index < -0.39 is 0 Å². The third kappa shape index (κ3) is 3.23. The van der Waals surface area contributed by atoms with Crippen molar-refractivity contribution in [3.63, 3.8) is 0 Å². The SMILES string of the molecule is C=C(C)N=C(CC)C(=C)C. The molecule has 0 bridgehead atoms. The second kappa shape index (κ2) is 4.04. The molecule has 1 nitrogen and oxygen atoms in total. The summed E-state index contributed by atoms with van der Waals surface area (Å²) in [6.45, 7) is 13.4. The fourth-order valence-electron chi connectivity index (χ4n) is 0.707. The minimum absolute atomic E-state index is 0.847. The average Bonchev–Trinajstić information content (AvgIpc) is 1.81. The van der Waals surface area contributed by atoms with Crippen LogP contribution in [0.15, 0.2) is 29.4 Å². The highest BCUT2D eigenvalue weighted by atomic mass is 14.7. The lowest BCUT2D eigenvalue weighted by Crippen LogP contribution is -1.96. The van der Waals surface area contributed by atoms with Crippen LogP contribution in [0, 0.1) is 0 Å². The van der Waals surface area contributed by atoms with Crippen LogP contribution in [0.2, 0.25) is 0 Å². The zero-order chi connectivity index (χ0) is 8.15. The lowest BCUT2D eigenvalue weighted by molar-refractivity contribution is 1.21. The molecule has 0 spiro atoms. The standard InChI is InChI=1S/C9H15N/c1-6-9(7(2)3)10-8(4)5/h2,4,6H2,1,3,5H3. The summed E-state index contributed by atoms with van der Waals surface area (Å²) in [5, 5.41) is 0. The summed E-state index contributed by atoms with van der Waals surface area (Å²) < 4.78 is 0. The van der Waals surface area contributed by atoms with Gasteiger partial charge in [0.2, 0.25) is 0 Å². The monoisotopic (exact) mass is 137 g/mol. The summed E-state index contributed by atoms with van der Waals surface area (Å²) in [5.74, 6) is 0. The summed E-state index contributed by atoms with van der Waals surface area (Å²) in [6.07, 6.45) is 0.933. The van der Waals surface area contributed by atoms with Crippen LogP contribution in [0.5, 0.6) is 0 Å². The van der Waals surface area contributed by atoms with E-state index in [-0.39, 0.29) is 0 Å². The Morgan fingerprint density at radius 3 is 1.90 bits per heavy atom. The molecule has 0 aromatic heterocycles. The second-order valence-electron chi connectivity index (χ2n) is 2.43. The van der Waals surface area contributed by atoms with Crippen molar-refractivity contribution in [3.8, 4) is 0 Å². The molecule has 0 heterocycles. The summed E-state index contributed by atoms with van der Waals surface area (Å²) in [5.41, 5.74) is 2.93. The molecule has 56 valence electrons. The molecule has 0 aliphatic rings. The largest absolute Gasteiger partial charge is 0.259 e. The van der Waals surface area contributed by atoms with Gasteiger partial charge in [0, 0.05) is 11.4 Å². The van der Waals surface area contributed by atoms with Gasteiger partial charge in [-0.05, 0) is 25.8 Å². The molecule has 10 heavy (non-hydrogen) atoms. The lowest BCUT2D eigenvalue weighted by atomic mass is 10.1. The average molecular weight is 137 g/mol. The van der Waals surface area contributed by atoms with Crippen LogP contribution in [0.4, 0.5) is 0 Å². The van der Waals surface area contributed by atoms with Crippen molar-refractivity contribution in [1.29, 1.82) is 0 Å². The van der Waals surface area contributed by atoms with Gasteiger partial charge in [0.15, 0.2) is 0 Å². The maximum atomic E-state index is 4.22. The molecule has 0 aliphatic carbocycles. The van der Waals surface area contributed by atoms with Gasteiger partial charge in [-0.15, -0.1) is 0 Å². The molecule has 0 radical (unpaired) electrons. The van der Waals surface area contributed by atoms with Gasteiger partial charge >= 0.3 is 0 Å². The number of allylic oxidation sites excluding steroid dienone is 2. The van der Waals surface area contributed by atoms with E-state index in [1.165, 1.54) is 0 Å². The first kappa shape index (κ1) is 9.15. The molecular weight excluding hydrogens is 122 g/mol. The first-order valence-corrected chi connectivity index (χ1v) is 3.46. The summed E-state index contributed by atoms with van der Waals surface area (Å²) >= 11 is 0. The van der Waals surface area contributed by atoms with Gasteiger partial charge in [-0.3, -0.25) is 4.99 Å². The molecule has 0 saturated carbocycles. The van der Waals surface area contributed by atoms with E-state index in [2.05, 4.69) is 25.1 Å². The Hall–Kier alpha value is -0.850. The second-order valence-corrected chi connectivity index (χ2v) is 2.43. The van der Waals surface area contributed by atoms with Crippen molar-refractivity contribution in [1.82, 2.24) is 0 Å². The van der Waals surface area contributed by atoms with Gasteiger partial charge in [0.05, 0.1) is 0 Å². The molecule has 0 saturated heterocycles. The van der Waals surface area contributed by atoms with Crippen molar-refractivity contribution in [2.24, 2.45) is 4.99 Å². The first-order chi connectivity index (χ1) is 4.57. The predicted molar refractivity (Wildman–Crippen MR) is 47.4 cm³/mol. The van der Waals surface area contributed by atoms with Gasteiger partial charge in [-0.2, -0.15) is 0 Å². The lowest BCUT2D eigenvalue weighted by Gasteiger charge is -2.00. The van der Waals surface area contributed by atoms with Gasteiger partial charge in [0.25, 0.3) is 0 Å². The summed E-state index contributed by atoms with van der Waals surface area (Å²) in [6, 6.07) is 0. The fraction of sp³-hybridized carbons (Fsp3) is 0.444. The molecule has 0 aliphatic heterocycles. The van der Waals surface area contributed by atoms with Crippen LogP contribution in [0.1, 0.15) is 27.2 Å².